The molecule has 2 heterocycles. The minimum atomic E-state index is 0.572. The first kappa shape index (κ1) is 6.29. The molecule has 2 rings (SSSR count). The summed E-state index contributed by atoms with van der Waals surface area (Å²) in [7, 11) is 0. The van der Waals surface area contributed by atoms with E-state index >= 15 is 0 Å². The number of hydrogen-bond acceptors (Lipinski definition) is 6. The van der Waals surface area contributed by atoms with E-state index in [-0.39, 0.29) is 0 Å². The van der Waals surface area contributed by atoms with Crippen LogP contribution < -0.4 is 0 Å². The third kappa shape index (κ3) is 1.20. The summed E-state index contributed by atoms with van der Waals surface area (Å²) in [6.45, 7) is 0. The molecule has 0 atom stereocenters. The van der Waals surface area contributed by atoms with Crippen molar-refractivity contribution in [3.8, 4) is 10.8 Å². The molecule has 0 N–H and O–H groups in total. The Labute approximate surface area is 66.2 Å². The van der Waals surface area contributed by atoms with E-state index in [0.717, 1.165) is 0 Å². The molecule has 0 aliphatic rings. The molecular weight excluding hydrogens is 162 g/mol. The molecule has 6 heteroatoms. The molecule has 11 heavy (non-hydrogen) atoms. The van der Waals surface area contributed by atoms with Crippen LogP contribution in [0.15, 0.2) is 18.2 Å². The zero-order chi connectivity index (χ0) is 7.52. The lowest BCUT2D eigenvalue weighted by Gasteiger charge is -1.87. The third-order valence-electron chi connectivity index (χ3n) is 1.04. The Balaban J connectivity index is 2.46. The quantitative estimate of drug-likeness (QED) is 0.611. The lowest BCUT2D eigenvalue weighted by molar-refractivity contribution is 1.02. The molecule has 0 amide bonds. The number of nitrogens with zero attached hydrogens (tertiary/aromatic N) is 5. The topological polar surface area (TPSA) is 64.5 Å². The zero-order valence-corrected chi connectivity index (χ0v) is 6.19. The first-order valence-electron chi connectivity index (χ1n) is 2.85. The van der Waals surface area contributed by atoms with Gasteiger partial charge in [-0.05, 0) is 0 Å². The minimum absolute atomic E-state index is 0.572. The van der Waals surface area contributed by atoms with Crippen LogP contribution in [0.4, 0.5) is 0 Å². The van der Waals surface area contributed by atoms with Crippen molar-refractivity contribution in [3.63, 3.8) is 0 Å². The Morgan fingerprint density at radius 3 is 2.64 bits per heavy atom. The van der Waals surface area contributed by atoms with Crippen molar-refractivity contribution in [2.75, 3.05) is 0 Å². The molecule has 54 valence electrons. The van der Waals surface area contributed by atoms with E-state index in [9.17, 15) is 0 Å². The second-order valence-electron chi connectivity index (χ2n) is 1.71. The van der Waals surface area contributed by atoms with Crippen molar-refractivity contribution in [2.24, 2.45) is 0 Å². The molecule has 0 aromatic carbocycles. The first-order chi connectivity index (χ1) is 5.47. The van der Waals surface area contributed by atoms with Gasteiger partial charge in [0.15, 0.2) is 10.8 Å². The summed E-state index contributed by atoms with van der Waals surface area (Å²) in [5.41, 5.74) is 1.64. The van der Waals surface area contributed by atoms with Gasteiger partial charge in [0.05, 0.1) is 0 Å². The van der Waals surface area contributed by atoms with Crippen LogP contribution in [0, 0.1) is 0 Å². The van der Waals surface area contributed by atoms with E-state index in [0.29, 0.717) is 10.8 Å². The summed E-state index contributed by atoms with van der Waals surface area (Å²) in [5.74, 6) is 0.572. The van der Waals surface area contributed by atoms with Gasteiger partial charge in [-0.1, -0.05) is 11.3 Å². The highest BCUT2D eigenvalue weighted by Crippen LogP contribution is 2.13. The Bertz CT molecular complexity index is 318. The van der Waals surface area contributed by atoms with Gasteiger partial charge in [0.25, 0.3) is 0 Å². The molecule has 2 aromatic rings. The zero-order valence-electron chi connectivity index (χ0n) is 5.38. The summed E-state index contributed by atoms with van der Waals surface area (Å²) < 4.78 is 0. The van der Waals surface area contributed by atoms with Gasteiger partial charge in [-0.3, -0.25) is 0 Å². The van der Waals surface area contributed by atoms with Crippen LogP contribution in [0.1, 0.15) is 0 Å². The average Bonchev–Trinajstić information content (AvgIpc) is 2.58. The largest absolute Gasteiger partial charge is 0.225 e. The molecule has 0 saturated carbocycles. The van der Waals surface area contributed by atoms with Crippen molar-refractivity contribution in [1.29, 1.82) is 0 Å². The van der Waals surface area contributed by atoms with Gasteiger partial charge in [-0.2, -0.15) is 0 Å². The molecule has 0 aliphatic heterocycles. The number of aromatic nitrogens is 5. The molecule has 0 saturated heterocycles. The molecule has 0 fully saturated rings. The van der Waals surface area contributed by atoms with Gasteiger partial charge in [0.1, 0.15) is 18.2 Å². The van der Waals surface area contributed by atoms with Gasteiger partial charge in [0.2, 0.25) is 0 Å². The van der Waals surface area contributed by atoms with Gasteiger partial charge in [-0.25, -0.2) is 15.0 Å². The summed E-state index contributed by atoms with van der Waals surface area (Å²) >= 11 is 1.40. The molecule has 5 nitrogen and oxygen atoms in total. The van der Waals surface area contributed by atoms with Gasteiger partial charge < -0.3 is 0 Å². The van der Waals surface area contributed by atoms with Crippen LogP contribution in [-0.2, 0) is 0 Å². The molecule has 0 spiro atoms. The predicted molar refractivity (Wildman–Crippen MR) is 38.7 cm³/mol. The second kappa shape index (κ2) is 2.67. The molecular formula is C5H3N5S. The van der Waals surface area contributed by atoms with E-state index in [2.05, 4.69) is 25.1 Å². The average molecular weight is 165 g/mol. The highest BCUT2D eigenvalue weighted by Gasteiger charge is 2.01. The van der Waals surface area contributed by atoms with Crippen LogP contribution in [-0.4, -0.2) is 25.1 Å². The summed E-state index contributed by atoms with van der Waals surface area (Å²) in [4.78, 5) is 11.5. The van der Waals surface area contributed by atoms with Crippen molar-refractivity contribution in [2.45, 2.75) is 0 Å². The third-order valence-corrected chi connectivity index (χ3v) is 1.73. The van der Waals surface area contributed by atoms with E-state index in [1.165, 1.54) is 24.0 Å². The van der Waals surface area contributed by atoms with E-state index in [1.807, 2.05) is 0 Å². The molecule has 0 unspecified atom stereocenters. The van der Waals surface area contributed by atoms with Crippen molar-refractivity contribution < 1.29 is 0 Å². The maximum Gasteiger partial charge on any atom is 0.193 e. The standard InChI is InChI=1S/C5H3N5S/c1-6-2-8-4(7-1)5-10-9-3-11-5/h1-3H. The van der Waals surface area contributed by atoms with E-state index < -0.39 is 0 Å². The van der Waals surface area contributed by atoms with Crippen LogP contribution >= 0.6 is 11.3 Å². The van der Waals surface area contributed by atoms with Crippen LogP contribution in [0.3, 0.4) is 0 Å². The van der Waals surface area contributed by atoms with Crippen LogP contribution in [0.25, 0.3) is 10.8 Å². The Morgan fingerprint density at radius 2 is 2.00 bits per heavy atom. The van der Waals surface area contributed by atoms with Gasteiger partial charge in [0, 0.05) is 0 Å². The molecule has 0 bridgehead atoms. The summed E-state index contributed by atoms with van der Waals surface area (Å²) in [6, 6.07) is 0. The fourth-order valence-electron chi connectivity index (χ4n) is 0.620. The predicted octanol–water partition coefficient (Wildman–Crippen LogP) is 0.390. The highest BCUT2D eigenvalue weighted by molar-refractivity contribution is 7.12. The Morgan fingerprint density at radius 1 is 1.18 bits per heavy atom. The fraction of sp³-hybridized carbons (Fsp3) is 0. The van der Waals surface area contributed by atoms with Crippen molar-refractivity contribution in [3.05, 3.63) is 18.2 Å². The number of hydrogen-bond donors (Lipinski definition) is 0. The van der Waals surface area contributed by atoms with Gasteiger partial charge in [-0.15, -0.1) is 10.2 Å². The monoisotopic (exact) mass is 165 g/mol. The Hall–Kier alpha value is -1.43. The lowest BCUT2D eigenvalue weighted by Crippen LogP contribution is -1.87. The molecule has 0 radical (unpaired) electrons. The second-order valence-corrected chi connectivity index (χ2v) is 2.54. The maximum atomic E-state index is 3.91. The van der Waals surface area contributed by atoms with E-state index in [1.54, 1.807) is 5.51 Å². The van der Waals surface area contributed by atoms with Gasteiger partial charge >= 0.3 is 0 Å². The van der Waals surface area contributed by atoms with Crippen LogP contribution in [0.2, 0.25) is 0 Å². The molecule has 2 aromatic heterocycles. The minimum Gasteiger partial charge on any atom is -0.225 e. The maximum absolute atomic E-state index is 3.91. The fourth-order valence-corrected chi connectivity index (χ4v) is 1.12. The lowest BCUT2D eigenvalue weighted by atomic mass is 10.6. The van der Waals surface area contributed by atoms with Crippen molar-refractivity contribution >= 4 is 11.3 Å². The highest BCUT2D eigenvalue weighted by atomic mass is 32.1. The first-order valence-corrected chi connectivity index (χ1v) is 3.73. The SMILES string of the molecule is c1ncnc(-c2nncs2)n1. The molecule has 0 aliphatic carbocycles. The number of rotatable bonds is 1. The summed E-state index contributed by atoms with van der Waals surface area (Å²) in [6.07, 6.45) is 2.87. The smallest absolute Gasteiger partial charge is 0.193 e. The van der Waals surface area contributed by atoms with E-state index in [4.69, 9.17) is 0 Å². The summed E-state index contributed by atoms with van der Waals surface area (Å²) in [5, 5.41) is 8.18. The van der Waals surface area contributed by atoms with Crippen LogP contribution in [0.5, 0.6) is 0 Å². The Kier molecular flexibility index (Phi) is 1.53. The normalized spacial score (nSPS) is 9.82. The van der Waals surface area contributed by atoms with Crippen molar-refractivity contribution in [1.82, 2.24) is 25.1 Å².